The monoisotopic (exact) mass is 527 g/mol. The van der Waals surface area contributed by atoms with Gasteiger partial charge in [-0.15, -0.1) is 11.3 Å². The van der Waals surface area contributed by atoms with Gasteiger partial charge >= 0.3 is 0 Å². The molecule has 1 aliphatic heterocycles. The van der Waals surface area contributed by atoms with Crippen LogP contribution in [0.5, 0.6) is 0 Å². The highest BCUT2D eigenvalue weighted by molar-refractivity contribution is 7.89. The maximum absolute atomic E-state index is 13.7. The second kappa shape index (κ2) is 12.6. The minimum atomic E-state index is -3.85. The van der Waals surface area contributed by atoms with Crippen LogP contribution in [0.2, 0.25) is 0 Å². The molecule has 0 bridgehead atoms. The van der Waals surface area contributed by atoms with Gasteiger partial charge in [0.15, 0.2) is 0 Å². The number of nitrogens with zero attached hydrogens (tertiary/aromatic N) is 3. The van der Waals surface area contributed by atoms with Crippen LogP contribution < -0.4 is 0 Å². The molecular weight excluding hydrogens is 494 g/mol. The van der Waals surface area contributed by atoms with Gasteiger partial charge < -0.3 is 9.64 Å². The van der Waals surface area contributed by atoms with Gasteiger partial charge in [-0.3, -0.25) is 9.69 Å². The van der Waals surface area contributed by atoms with Crippen molar-refractivity contribution in [1.82, 2.24) is 14.1 Å². The van der Waals surface area contributed by atoms with E-state index in [2.05, 4.69) is 4.90 Å². The quantitative estimate of drug-likeness (QED) is 0.381. The van der Waals surface area contributed by atoms with E-state index in [-0.39, 0.29) is 23.9 Å². The predicted molar refractivity (Wildman–Crippen MR) is 142 cm³/mol. The number of thiophene rings is 1. The summed E-state index contributed by atoms with van der Waals surface area (Å²) in [5.74, 6) is -0.218. The van der Waals surface area contributed by atoms with Crippen LogP contribution >= 0.6 is 11.3 Å². The van der Waals surface area contributed by atoms with Gasteiger partial charge in [-0.05, 0) is 36.1 Å². The van der Waals surface area contributed by atoms with E-state index in [0.29, 0.717) is 32.8 Å². The average molecular weight is 528 g/mol. The standard InChI is InChI=1S/C27H33N3O4S2/c1-23-9-11-26(12-10-23)36(32,33)30(14-13-28-15-17-34-18-16-28)22-27(31)29(21-25-8-5-19-35-25)20-24-6-3-2-4-7-24/h2-12,19H,13-18,20-22H2,1H3. The highest BCUT2D eigenvalue weighted by Gasteiger charge is 2.29. The zero-order chi connectivity index (χ0) is 25.4. The van der Waals surface area contributed by atoms with Crippen molar-refractivity contribution in [2.45, 2.75) is 24.9 Å². The molecule has 0 spiro atoms. The molecule has 2 aromatic carbocycles. The van der Waals surface area contributed by atoms with Gasteiger partial charge in [-0.25, -0.2) is 8.42 Å². The molecule has 7 nitrogen and oxygen atoms in total. The van der Waals surface area contributed by atoms with E-state index in [1.807, 2.05) is 54.8 Å². The summed E-state index contributed by atoms with van der Waals surface area (Å²) in [6.45, 7) is 6.12. The van der Waals surface area contributed by atoms with Crippen LogP contribution in [0.4, 0.5) is 0 Å². The molecule has 0 atom stereocenters. The number of carbonyl (C=O) groups excluding carboxylic acids is 1. The van der Waals surface area contributed by atoms with Crippen LogP contribution in [0.15, 0.2) is 77.0 Å². The molecule has 2 heterocycles. The average Bonchev–Trinajstić information content (AvgIpc) is 3.40. The number of sulfonamides is 1. The van der Waals surface area contributed by atoms with Gasteiger partial charge in [-0.1, -0.05) is 54.1 Å². The topological polar surface area (TPSA) is 70.2 Å². The largest absolute Gasteiger partial charge is 0.379 e. The number of amides is 1. The molecule has 0 radical (unpaired) electrons. The Bertz CT molecular complexity index is 1190. The lowest BCUT2D eigenvalue weighted by Crippen LogP contribution is -2.46. The van der Waals surface area contributed by atoms with Crippen molar-refractivity contribution in [2.24, 2.45) is 0 Å². The molecule has 1 aliphatic rings. The maximum Gasteiger partial charge on any atom is 0.243 e. The van der Waals surface area contributed by atoms with Crippen molar-refractivity contribution in [3.8, 4) is 0 Å². The summed E-state index contributed by atoms with van der Waals surface area (Å²) in [7, 11) is -3.85. The van der Waals surface area contributed by atoms with Crippen LogP contribution in [-0.4, -0.2) is 74.4 Å². The number of ether oxygens (including phenoxy) is 1. The summed E-state index contributed by atoms with van der Waals surface area (Å²) in [6.07, 6.45) is 0. The molecule has 1 amide bonds. The van der Waals surface area contributed by atoms with E-state index >= 15 is 0 Å². The zero-order valence-electron chi connectivity index (χ0n) is 20.6. The van der Waals surface area contributed by atoms with Crippen LogP contribution in [-0.2, 0) is 32.6 Å². The van der Waals surface area contributed by atoms with E-state index in [9.17, 15) is 13.2 Å². The highest BCUT2D eigenvalue weighted by atomic mass is 32.2. The lowest BCUT2D eigenvalue weighted by atomic mass is 10.2. The number of hydrogen-bond acceptors (Lipinski definition) is 6. The van der Waals surface area contributed by atoms with Crippen molar-refractivity contribution in [1.29, 1.82) is 0 Å². The molecule has 36 heavy (non-hydrogen) atoms. The molecule has 1 saturated heterocycles. The highest BCUT2D eigenvalue weighted by Crippen LogP contribution is 2.19. The van der Waals surface area contributed by atoms with Crippen LogP contribution in [0.3, 0.4) is 0 Å². The Kier molecular flexibility index (Phi) is 9.28. The van der Waals surface area contributed by atoms with Gasteiger partial charge in [0, 0.05) is 37.6 Å². The Hall–Kier alpha value is -2.56. The van der Waals surface area contributed by atoms with Gasteiger partial charge in [0.25, 0.3) is 0 Å². The fraction of sp³-hybridized carbons (Fsp3) is 0.370. The van der Waals surface area contributed by atoms with Crippen molar-refractivity contribution in [3.05, 3.63) is 88.1 Å². The SMILES string of the molecule is Cc1ccc(S(=O)(=O)N(CCN2CCOCC2)CC(=O)N(Cc2ccccc2)Cc2cccs2)cc1. The van der Waals surface area contributed by atoms with Crippen LogP contribution in [0.1, 0.15) is 16.0 Å². The molecular formula is C27H33N3O4S2. The van der Waals surface area contributed by atoms with Crippen molar-refractivity contribution in [2.75, 3.05) is 45.9 Å². The van der Waals surface area contributed by atoms with Gasteiger partial charge in [0.2, 0.25) is 15.9 Å². The minimum absolute atomic E-state index is 0.204. The first kappa shape index (κ1) is 26.5. The number of aryl methyl sites for hydroxylation is 1. The molecule has 0 N–H and O–H groups in total. The maximum atomic E-state index is 13.7. The normalized spacial score (nSPS) is 14.7. The number of morpholine rings is 1. The minimum Gasteiger partial charge on any atom is -0.379 e. The third-order valence-corrected chi connectivity index (χ3v) is 8.96. The fourth-order valence-electron chi connectivity index (χ4n) is 4.10. The third-order valence-electron chi connectivity index (χ3n) is 6.24. The van der Waals surface area contributed by atoms with Gasteiger partial charge in [0.1, 0.15) is 0 Å². The van der Waals surface area contributed by atoms with E-state index in [1.54, 1.807) is 40.5 Å². The molecule has 9 heteroatoms. The second-order valence-electron chi connectivity index (χ2n) is 8.92. The number of benzene rings is 2. The van der Waals surface area contributed by atoms with Gasteiger partial charge in [0.05, 0.1) is 31.2 Å². The van der Waals surface area contributed by atoms with E-state index in [4.69, 9.17) is 4.74 Å². The first-order valence-corrected chi connectivity index (χ1v) is 14.4. The number of rotatable bonds is 11. The molecule has 0 unspecified atom stereocenters. The Morgan fingerprint density at radius 3 is 2.36 bits per heavy atom. The summed E-state index contributed by atoms with van der Waals surface area (Å²) in [6, 6.07) is 20.5. The Labute approximate surface area is 218 Å². The molecule has 192 valence electrons. The van der Waals surface area contributed by atoms with Gasteiger partial charge in [-0.2, -0.15) is 4.31 Å². The van der Waals surface area contributed by atoms with Crippen LogP contribution in [0.25, 0.3) is 0 Å². The summed E-state index contributed by atoms with van der Waals surface area (Å²) in [5.41, 5.74) is 1.98. The van der Waals surface area contributed by atoms with Crippen LogP contribution in [0, 0.1) is 6.92 Å². The third kappa shape index (κ3) is 7.24. The lowest BCUT2D eigenvalue weighted by molar-refractivity contribution is -0.132. The Morgan fingerprint density at radius 1 is 0.972 bits per heavy atom. The first-order chi connectivity index (χ1) is 17.4. The summed E-state index contributed by atoms with van der Waals surface area (Å²) in [5, 5.41) is 1.98. The molecule has 0 saturated carbocycles. The number of hydrogen-bond donors (Lipinski definition) is 0. The second-order valence-corrected chi connectivity index (χ2v) is 11.9. The van der Waals surface area contributed by atoms with Crippen molar-refractivity contribution < 1.29 is 17.9 Å². The Morgan fingerprint density at radius 2 is 1.69 bits per heavy atom. The predicted octanol–water partition coefficient (Wildman–Crippen LogP) is 3.61. The smallest absolute Gasteiger partial charge is 0.243 e. The molecule has 1 aromatic heterocycles. The zero-order valence-corrected chi connectivity index (χ0v) is 22.2. The van der Waals surface area contributed by atoms with Crippen molar-refractivity contribution >= 4 is 27.3 Å². The fourth-order valence-corrected chi connectivity index (χ4v) is 6.20. The molecule has 0 aliphatic carbocycles. The molecule has 3 aromatic rings. The van der Waals surface area contributed by atoms with E-state index < -0.39 is 10.0 Å². The van der Waals surface area contributed by atoms with E-state index in [1.165, 1.54) is 4.31 Å². The summed E-state index contributed by atoms with van der Waals surface area (Å²) < 4.78 is 34.1. The molecule has 1 fully saturated rings. The molecule has 4 rings (SSSR count). The lowest BCUT2D eigenvalue weighted by Gasteiger charge is -2.31. The summed E-state index contributed by atoms with van der Waals surface area (Å²) >= 11 is 1.59. The number of carbonyl (C=O) groups is 1. The Balaban J connectivity index is 1.56. The summed E-state index contributed by atoms with van der Waals surface area (Å²) in [4.78, 5) is 18.8. The first-order valence-electron chi connectivity index (χ1n) is 12.1. The van der Waals surface area contributed by atoms with E-state index in [0.717, 1.165) is 29.1 Å². The van der Waals surface area contributed by atoms with Crippen molar-refractivity contribution in [3.63, 3.8) is 0 Å².